The van der Waals surface area contributed by atoms with Gasteiger partial charge in [-0.25, -0.2) is 0 Å². The molecule has 0 aliphatic carbocycles. The third-order valence-corrected chi connectivity index (χ3v) is 4.38. The van der Waals surface area contributed by atoms with Gasteiger partial charge in [-0.2, -0.15) is 5.10 Å². The van der Waals surface area contributed by atoms with Crippen molar-refractivity contribution in [1.29, 1.82) is 0 Å². The minimum absolute atomic E-state index is 0.0562. The maximum atomic E-state index is 12.2. The van der Waals surface area contributed by atoms with E-state index in [1.165, 1.54) is 17.1 Å². The average Bonchev–Trinajstić information content (AvgIpc) is 3.03. The van der Waals surface area contributed by atoms with Crippen LogP contribution in [-0.4, -0.2) is 26.7 Å². The molecule has 7 heteroatoms. The molecule has 0 saturated carbocycles. The van der Waals surface area contributed by atoms with Crippen LogP contribution in [0.1, 0.15) is 32.8 Å². The Bertz CT molecular complexity index is 710. The van der Waals surface area contributed by atoms with E-state index in [1.807, 2.05) is 37.3 Å². The van der Waals surface area contributed by atoms with Crippen molar-refractivity contribution in [2.24, 2.45) is 0 Å². The van der Waals surface area contributed by atoms with Gasteiger partial charge in [-0.15, -0.1) is 0 Å². The summed E-state index contributed by atoms with van der Waals surface area (Å²) in [5, 5.41) is 17.5. The predicted molar refractivity (Wildman–Crippen MR) is 90.6 cm³/mol. The van der Waals surface area contributed by atoms with Crippen LogP contribution in [0.5, 0.6) is 0 Å². The van der Waals surface area contributed by atoms with Gasteiger partial charge in [0.25, 0.3) is 0 Å². The van der Waals surface area contributed by atoms with Crippen molar-refractivity contribution < 1.29 is 9.72 Å². The maximum Gasteiger partial charge on any atom is 0.306 e. The van der Waals surface area contributed by atoms with E-state index in [9.17, 15) is 14.9 Å². The van der Waals surface area contributed by atoms with Crippen molar-refractivity contribution in [2.75, 3.05) is 0 Å². The molecule has 128 valence electrons. The van der Waals surface area contributed by atoms with Crippen LogP contribution < -0.4 is 5.32 Å². The lowest BCUT2D eigenvalue weighted by atomic mass is 9.78. The molecule has 1 aromatic heterocycles. The van der Waals surface area contributed by atoms with Gasteiger partial charge in [0.1, 0.15) is 12.4 Å². The minimum atomic E-state index is -0.506. The van der Waals surface area contributed by atoms with Crippen LogP contribution in [0.2, 0.25) is 0 Å². The number of benzene rings is 1. The number of aromatic nitrogens is 2. The van der Waals surface area contributed by atoms with Crippen LogP contribution in [0.3, 0.4) is 0 Å². The van der Waals surface area contributed by atoms with Gasteiger partial charge < -0.3 is 5.32 Å². The number of nitro groups is 1. The van der Waals surface area contributed by atoms with Crippen LogP contribution in [0.25, 0.3) is 0 Å². The molecular weight excluding hydrogens is 308 g/mol. The van der Waals surface area contributed by atoms with Crippen molar-refractivity contribution in [2.45, 2.75) is 45.2 Å². The van der Waals surface area contributed by atoms with Gasteiger partial charge in [-0.05, 0) is 12.5 Å². The van der Waals surface area contributed by atoms with E-state index in [0.29, 0.717) is 6.54 Å². The zero-order valence-corrected chi connectivity index (χ0v) is 14.1. The average molecular weight is 330 g/mol. The number of aryl methyl sites for hydroxylation is 1. The quantitative estimate of drug-likeness (QED) is 0.624. The molecule has 1 N–H and O–H groups in total. The Morgan fingerprint density at radius 3 is 2.62 bits per heavy atom. The van der Waals surface area contributed by atoms with E-state index in [2.05, 4.69) is 24.3 Å². The van der Waals surface area contributed by atoms with Gasteiger partial charge in [-0.1, -0.05) is 44.2 Å². The van der Waals surface area contributed by atoms with Gasteiger partial charge in [0, 0.05) is 24.4 Å². The summed E-state index contributed by atoms with van der Waals surface area (Å²) in [7, 11) is 0. The van der Waals surface area contributed by atoms with Crippen LogP contribution in [0.4, 0.5) is 5.69 Å². The summed E-state index contributed by atoms with van der Waals surface area (Å²) >= 11 is 0. The molecule has 2 rings (SSSR count). The van der Waals surface area contributed by atoms with Crippen molar-refractivity contribution in [1.82, 2.24) is 15.1 Å². The van der Waals surface area contributed by atoms with Crippen LogP contribution >= 0.6 is 0 Å². The lowest BCUT2D eigenvalue weighted by molar-refractivity contribution is -0.385. The van der Waals surface area contributed by atoms with E-state index in [1.54, 1.807) is 0 Å². The molecule has 0 aliphatic rings. The molecule has 1 amide bonds. The second-order valence-electron chi connectivity index (χ2n) is 6.35. The summed E-state index contributed by atoms with van der Waals surface area (Å²) in [6, 6.07) is 9.97. The summed E-state index contributed by atoms with van der Waals surface area (Å²) in [6.45, 7) is 6.45. The Labute approximate surface area is 140 Å². The number of rotatable bonds is 7. The Morgan fingerprint density at radius 2 is 2.04 bits per heavy atom. The largest absolute Gasteiger partial charge is 0.353 e. The number of amides is 1. The highest BCUT2D eigenvalue weighted by Gasteiger charge is 2.28. The first kappa shape index (κ1) is 17.7. The highest BCUT2D eigenvalue weighted by atomic mass is 16.6. The molecule has 0 spiro atoms. The van der Waals surface area contributed by atoms with E-state index in [-0.39, 0.29) is 29.5 Å². The van der Waals surface area contributed by atoms with E-state index < -0.39 is 4.92 Å². The molecule has 24 heavy (non-hydrogen) atoms. The van der Waals surface area contributed by atoms with Gasteiger partial charge in [0.05, 0.1) is 4.92 Å². The predicted octanol–water partition coefficient (Wildman–Crippen LogP) is 2.66. The van der Waals surface area contributed by atoms with Gasteiger partial charge in [0.2, 0.25) is 5.91 Å². The highest BCUT2D eigenvalue weighted by Crippen LogP contribution is 2.26. The summed E-state index contributed by atoms with van der Waals surface area (Å²) in [5.74, 6) is -0.107. The Balaban J connectivity index is 1.90. The smallest absolute Gasteiger partial charge is 0.306 e. The fourth-order valence-electron chi connectivity index (χ4n) is 2.40. The van der Waals surface area contributed by atoms with Crippen molar-refractivity contribution >= 4 is 11.6 Å². The zero-order chi connectivity index (χ0) is 17.7. The molecular formula is C17H22N4O3. The van der Waals surface area contributed by atoms with Crippen molar-refractivity contribution in [3.63, 3.8) is 0 Å². The number of hydrogen-bond donors (Lipinski definition) is 1. The zero-order valence-electron chi connectivity index (χ0n) is 14.1. The number of carbonyl (C=O) groups is 1. The number of nitrogens with one attached hydrogen (secondary N) is 1. The van der Waals surface area contributed by atoms with Crippen LogP contribution in [0, 0.1) is 10.1 Å². The molecule has 1 heterocycles. The first-order valence-corrected chi connectivity index (χ1v) is 7.82. The van der Waals surface area contributed by atoms with Gasteiger partial charge in [-0.3, -0.25) is 19.6 Å². The fraction of sp³-hybridized carbons (Fsp3) is 0.412. The number of nitrogens with zero attached hydrogens (tertiary/aromatic N) is 3. The second kappa shape index (κ2) is 7.25. The Morgan fingerprint density at radius 1 is 1.38 bits per heavy atom. The van der Waals surface area contributed by atoms with Crippen molar-refractivity contribution in [3.05, 3.63) is 58.4 Å². The van der Waals surface area contributed by atoms with E-state index in [0.717, 1.165) is 5.56 Å². The van der Waals surface area contributed by atoms with Crippen molar-refractivity contribution in [3.8, 4) is 0 Å². The molecule has 1 atom stereocenters. The Hall–Kier alpha value is -2.70. The fourth-order valence-corrected chi connectivity index (χ4v) is 2.40. The first-order chi connectivity index (χ1) is 11.3. The van der Waals surface area contributed by atoms with E-state index >= 15 is 0 Å². The lowest BCUT2D eigenvalue weighted by Crippen LogP contribution is -2.45. The molecule has 7 nitrogen and oxygen atoms in total. The van der Waals surface area contributed by atoms with Gasteiger partial charge >= 0.3 is 5.69 Å². The molecule has 0 radical (unpaired) electrons. The Kier molecular flexibility index (Phi) is 5.33. The summed E-state index contributed by atoms with van der Waals surface area (Å²) in [4.78, 5) is 22.3. The minimum Gasteiger partial charge on any atom is -0.353 e. The maximum absolute atomic E-state index is 12.2. The third-order valence-electron chi connectivity index (χ3n) is 4.38. The molecule has 0 bridgehead atoms. The summed E-state index contributed by atoms with van der Waals surface area (Å²) in [6.07, 6.45) is 2.72. The lowest BCUT2D eigenvalue weighted by Gasteiger charge is -2.33. The van der Waals surface area contributed by atoms with E-state index in [4.69, 9.17) is 0 Å². The molecule has 0 aliphatic heterocycles. The standard InChI is InChI=1S/C17H22N4O3/c1-13(17(2,3)14-7-5-4-6-8-14)19-16(22)9-10-20-12-15(11-18-20)21(23)24/h4-8,11-13H,9-10H2,1-3H3,(H,19,22). The molecule has 1 unspecified atom stereocenters. The van der Waals surface area contributed by atoms with Crippen LogP contribution in [-0.2, 0) is 16.8 Å². The van der Waals surface area contributed by atoms with Gasteiger partial charge in [0.15, 0.2) is 0 Å². The molecule has 1 aromatic carbocycles. The molecule has 0 saturated heterocycles. The number of carbonyl (C=O) groups excluding carboxylic acids is 1. The number of hydrogen-bond acceptors (Lipinski definition) is 4. The first-order valence-electron chi connectivity index (χ1n) is 7.82. The normalized spacial score (nSPS) is 12.6. The summed E-state index contributed by atoms with van der Waals surface area (Å²) in [5.41, 5.74) is 0.871. The highest BCUT2D eigenvalue weighted by molar-refractivity contribution is 5.76. The van der Waals surface area contributed by atoms with Crippen LogP contribution in [0.15, 0.2) is 42.7 Å². The molecule has 2 aromatic rings. The SMILES string of the molecule is CC(NC(=O)CCn1cc([N+](=O)[O-])cn1)C(C)(C)c1ccccc1. The topological polar surface area (TPSA) is 90.1 Å². The second-order valence-corrected chi connectivity index (χ2v) is 6.35. The monoisotopic (exact) mass is 330 g/mol. The summed E-state index contributed by atoms with van der Waals surface area (Å²) < 4.78 is 1.41. The third kappa shape index (κ3) is 4.18. The molecule has 0 fully saturated rings.